The van der Waals surface area contributed by atoms with Gasteiger partial charge in [0.2, 0.25) is 0 Å². The molecule has 2 nitrogen and oxygen atoms in total. The number of ether oxygens (including phenoxy) is 1. The van der Waals surface area contributed by atoms with Gasteiger partial charge in [0.1, 0.15) is 0 Å². The molecule has 0 fully saturated rings. The van der Waals surface area contributed by atoms with Gasteiger partial charge in [0.15, 0.2) is 6.10 Å². The van der Waals surface area contributed by atoms with Crippen LogP contribution >= 0.6 is 23.2 Å². The average molecular weight is 363 g/mol. The van der Waals surface area contributed by atoms with Crippen LogP contribution in [0, 0.1) is 0 Å². The third-order valence-electron chi connectivity index (χ3n) is 4.43. The first-order valence-electron chi connectivity index (χ1n) is 8.36. The van der Waals surface area contributed by atoms with Crippen molar-refractivity contribution in [2.24, 2.45) is 0 Å². The van der Waals surface area contributed by atoms with Gasteiger partial charge in [-0.2, -0.15) is 0 Å². The van der Waals surface area contributed by atoms with Crippen molar-refractivity contribution >= 4 is 29.2 Å². The predicted molar refractivity (Wildman–Crippen MR) is 97.8 cm³/mol. The zero-order valence-electron chi connectivity index (χ0n) is 13.6. The zero-order chi connectivity index (χ0) is 17.1. The van der Waals surface area contributed by atoms with Gasteiger partial charge in [-0.05, 0) is 36.1 Å². The molecule has 0 saturated heterocycles. The summed E-state index contributed by atoms with van der Waals surface area (Å²) in [5.74, 6) is -0.202. The van der Waals surface area contributed by atoms with Crippen LogP contribution in [0.4, 0.5) is 0 Å². The molecule has 0 radical (unpaired) electrons. The molecule has 1 aliphatic carbocycles. The SMILES string of the molecule is CCCCCC(=O)OC1c2c(Cl)cccc2Cc2cccc(Cl)c21. The molecule has 4 heteroatoms. The molecule has 0 saturated carbocycles. The fraction of sp³-hybridized carbons (Fsp3) is 0.350. The summed E-state index contributed by atoms with van der Waals surface area (Å²) in [5.41, 5.74) is 3.90. The first kappa shape index (κ1) is 17.3. The molecule has 126 valence electrons. The minimum Gasteiger partial charge on any atom is -0.452 e. The van der Waals surface area contributed by atoms with Crippen LogP contribution in [-0.4, -0.2) is 5.97 Å². The number of rotatable bonds is 5. The highest BCUT2D eigenvalue weighted by Gasteiger charge is 2.32. The fourth-order valence-corrected chi connectivity index (χ4v) is 3.82. The van der Waals surface area contributed by atoms with Gasteiger partial charge >= 0.3 is 5.97 Å². The lowest BCUT2D eigenvalue weighted by atomic mass is 9.83. The van der Waals surface area contributed by atoms with E-state index in [0.717, 1.165) is 47.9 Å². The molecule has 0 bridgehead atoms. The Bertz CT molecular complexity index is 704. The lowest BCUT2D eigenvalue weighted by Gasteiger charge is -2.30. The summed E-state index contributed by atoms with van der Waals surface area (Å²) in [5, 5.41) is 1.23. The first-order valence-corrected chi connectivity index (χ1v) is 9.11. The summed E-state index contributed by atoms with van der Waals surface area (Å²) in [7, 11) is 0. The molecule has 24 heavy (non-hydrogen) atoms. The molecule has 0 aliphatic heterocycles. The van der Waals surface area contributed by atoms with Gasteiger partial charge < -0.3 is 4.74 Å². The van der Waals surface area contributed by atoms with Crippen LogP contribution in [0.2, 0.25) is 10.0 Å². The van der Waals surface area contributed by atoms with Gasteiger partial charge in [-0.1, -0.05) is 67.2 Å². The summed E-state index contributed by atoms with van der Waals surface area (Å²) in [6, 6.07) is 11.6. The Kier molecular flexibility index (Phi) is 5.47. The van der Waals surface area contributed by atoms with Crippen LogP contribution in [0.3, 0.4) is 0 Å². The molecule has 3 rings (SSSR count). The van der Waals surface area contributed by atoms with E-state index in [2.05, 4.69) is 6.92 Å². The Morgan fingerprint density at radius 1 is 1.04 bits per heavy atom. The number of unbranched alkanes of at least 4 members (excludes halogenated alkanes) is 2. The van der Waals surface area contributed by atoms with Crippen molar-refractivity contribution in [1.82, 2.24) is 0 Å². The van der Waals surface area contributed by atoms with Crippen LogP contribution < -0.4 is 0 Å². The number of fused-ring (bicyclic) bond motifs is 2. The maximum Gasteiger partial charge on any atom is 0.306 e. The van der Waals surface area contributed by atoms with Crippen molar-refractivity contribution in [3.05, 3.63) is 68.7 Å². The van der Waals surface area contributed by atoms with E-state index in [1.165, 1.54) is 0 Å². The summed E-state index contributed by atoms with van der Waals surface area (Å²) < 4.78 is 5.84. The van der Waals surface area contributed by atoms with Crippen LogP contribution in [0.5, 0.6) is 0 Å². The van der Waals surface area contributed by atoms with E-state index in [1.807, 2.05) is 36.4 Å². The lowest BCUT2D eigenvalue weighted by molar-refractivity contribution is -0.147. The van der Waals surface area contributed by atoms with Crippen molar-refractivity contribution in [3.63, 3.8) is 0 Å². The number of benzene rings is 2. The predicted octanol–water partition coefficient (Wildman–Crippen LogP) is 6.11. The molecule has 0 aromatic heterocycles. The lowest BCUT2D eigenvalue weighted by Crippen LogP contribution is -2.20. The standard InChI is InChI=1S/C20H20Cl2O2/c1-2-3-4-11-17(23)24-20-18-13(7-5-9-15(18)21)12-14-8-6-10-16(22)19(14)20/h5-10,20H,2-4,11-12H2,1H3. The molecule has 0 N–H and O–H groups in total. The summed E-state index contributed by atoms with van der Waals surface area (Å²) in [6.07, 6.45) is 3.57. The van der Waals surface area contributed by atoms with Crippen LogP contribution in [-0.2, 0) is 16.0 Å². The summed E-state index contributed by atoms with van der Waals surface area (Å²) >= 11 is 12.9. The number of esters is 1. The number of halogens is 2. The highest BCUT2D eigenvalue weighted by atomic mass is 35.5. The molecule has 0 heterocycles. The smallest absolute Gasteiger partial charge is 0.306 e. The minimum absolute atomic E-state index is 0.202. The van der Waals surface area contributed by atoms with E-state index in [1.54, 1.807) is 0 Å². The number of carbonyl (C=O) groups is 1. The van der Waals surface area contributed by atoms with Gasteiger partial charge in [0.25, 0.3) is 0 Å². The van der Waals surface area contributed by atoms with Gasteiger partial charge in [-0.25, -0.2) is 0 Å². The van der Waals surface area contributed by atoms with Gasteiger partial charge in [-0.15, -0.1) is 0 Å². The topological polar surface area (TPSA) is 26.3 Å². The van der Waals surface area contributed by atoms with E-state index in [4.69, 9.17) is 27.9 Å². The molecule has 2 aromatic rings. The van der Waals surface area contributed by atoms with Crippen molar-refractivity contribution in [2.45, 2.75) is 45.1 Å². The highest BCUT2D eigenvalue weighted by Crippen LogP contribution is 2.43. The largest absolute Gasteiger partial charge is 0.452 e. The Balaban J connectivity index is 1.97. The van der Waals surface area contributed by atoms with Crippen LogP contribution in [0.25, 0.3) is 0 Å². The molecular weight excluding hydrogens is 343 g/mol. The average Bonchev–Trinajstić information content (AvgIpc) is 2.55. The monoisotopic (exact) mass is 362 g/mol. The van der Waals surface area contributed by atoms with E-state index in [0.29, 0.717) is 16.5 Å². The number of hydrogen-bond donors (Lipinski definition) is 0. The summed E-state index contributed by atoms with van der Waals surface area (Å²) in [4.78, 5) is 12.3. The number of carbonyl (C=O) groups excluding carboxylic acids is 1. The second-order valence-electron chi connectivity index (χ2n) is 6.13. The zero-order valence-corrected chi connectivity index (χ0v) is 15.2. The molecule has 0 amide bonds. The first-order chi connectivity index (χ1) is 11.6. The Labute approximate surface area is 152 Å². The summed E-state index contributed by atoms with van der Waals surface area (Å²) in [6.45, 7) is 2.11. The second-order valence-corrected chi connectivity index (χ2v) is 6.94. The van der Waals surface area contributed by atoms with E-state index < -0.39 is 6.10 Å². The quantitative estimate of drug-likeness (QED) is 0.473. The van der Waals surface area contributed by atoms with Crippen molar-refractivity contribution < 1.29 is 9.53 Å². The highest BCUT2D eigenvalue weighted by molar-refractivity contribution is 6.32. The maximum atomic E-state index is 12.3. The van der Waals surface area contributed by atoms with Gasteiger partial charge in [0, 0.05) is 27.6 Å². The van der Waals surface area contributed by atoms with Crippen molar-refractivity contribution in [3.8, 4) is 0 Å². The Morgan fingerprint density at radius 3 is 2.17 bits per heavy atom. The minimum atomic E-state index is -0.528. The van der Waals surface area contributed by atoms with Crippen molar-refractivity contribution in [1.29, 1.82) is 0 Å². The van der Waals surface area contributed by atoms with E-state index >= 15 is 0 Å². The van der Waals surface area contributed by atoms with Crippen LogP contribution in [0.15, 0.2) is 36.4 Å². The molecule has 2 aromatic carbocycles. The Hall–Kier alpha value is -1.51. The molecule has 0 spiro atoms. The maximum absolute atomic E-state index is 12.3. The Morgan fingerprint density at radius 2 is 1.62 bits per heavy atom. The van der Waals surface area contributed by atoms with Crippen molar-refractivity contribution in [2.75, 3.05) is 0 Å². The van der Waals surface area contributed by atoms with E-state index in [9.17, 15) is 4.79 Å². The molecule has 1 aliphatic rings. The third kappa shape index (κ3) is 3.45. The third-order valence-corrected chi connectivity index (χ3v) is 5.08. The second kappa shape index (κ2) is 7.58. The number of hydrogen-bond acceptors (Lipinski definition) is 2. The fourth-order valence-electron chi connectivity index (χ4n) is 3.24. The normalized spacial score (nSPS) is 13.3. The van der Waals surface area contributed by atoms with Crippen LogP contribution in [0.1, 0.15) is 61.0 Å². The van der Waals surface area contributed by atoms with Gasteiger partial charge in [0.05, 0.1) is 0 Å². The molecular formula is C20H20Cl2O2. The van der Waals surface area contributed by atoms with Gasteiger partial charge in [-0.3, -0.25) is 4.79 Å². The molecule has 0 unspecified atom stereocenters. The van der Waals surface area contributed by atoms with E-state index in [-0.39, 0.29) is 5.97 Å². The molecule has 0 atom stereocenters.